The fourth-order valence-electron chi connectivity index (χ4n) is 2.63. The number of benzene rings is 1. The topological polar surface area (TPSA) is 97.7 Å². The molecule has 0 aromatic heterocycles. The first kappa shape index (κ1) is 17.2. The van der Waals surface area contributed by atoms with Crippen LogP contribution >= 0.6 is 15.9 Å². The van der Waals surface area contributed by atoms with Gasteiger partial charge in [0.1, 0.15) is 0 Å². The number of aliphatic hydroxyl groups excluding tert-OH is 1. The highest BCUT2D eigenvalue weighted by molar-refractivity contribution is 9.10. The summed E-state index contributed by atoms with van der Waals surface area (Å²) in [5.41, 5.74) is 0.704. The summed E-state index contributed by atoms with van der Waals surface area (Å²) in [6.45, 7) is 1.39. The molecule has 0 spiro atoms. The molecule has 1 heterocycles. The number of carboxylic acids is 1. The molecule has 6 nitrogen and oxygen atoms in total. The van der Waals surface area contributed by atoms with Gasteiger partial charge in [-0.3, -0.25) is 9.59 Å². The van der Waals surface area contributed by atoms with Crippen LogP contribution in [0.1, 0.15) is 31.4 Å². The van der Waals surface area contributed by atoms with Gasteiger partial charge < -0.3 is 19.9 Å². The number of halogens is 1. The Balaban J connectivity index is 2.36. The van der Waals surface area contributed by atoms with E-state index in [0.29, 0.717) is 5.56 Å². The van der Waals surface area contributed by atoms with Crippen molar-refractivity contribution in [1.82, 2.24) is 4.90 Å². The summed E-state index contributed by atoms with van der Waals surface area (Å²) in [4.78, 5) is 36.0. The van der Waals surface area contributed by atoms with Crippen LogP contribution in [0.2, 0.25) is 0 Å². The van der Waals surface area contributed by atoms with E-state index in [9.17, 15) is 24.6 Å². The first-order valence-corrected chi connectivity index (χ1v) is 7.82. The van der Waals surface area contributed by atoms with E-state index < -0.39 is 29.5 Å². The molecule has 2 rings (SSSR count). The third-order valence-electron chi connectivity index (χ3n) is 3.65. The smallest absolute Gasteiger partial charge is 0.290 e. The lowest BCUT2D eigenvalue weighted by molar-refractivity contribution is -0.305. The minimum absolute atomic E-state index is 0.0331. The molecular formula is C16H15BrNO5-. The van der Waals surface area contributed by atoms with Crippen molar-refractivity contribution in [3.63, 3.8) is 0 Å². The van der Waals surface area contributed by atoms with Gasteiger partial charge in [0.15, 0.2) is 11.5 Å². The average Bonchev–Trinajstić information content (AvgIpc) is 2.72. The number of Topliss-reactive ketones (excluding diaryl/α,β-unsaturated/α-hetero) is 1. The first-order valence-electron chi connectivity index (χ1n) is 7.03. The van der Waals surface area contributed by atoms with Gasteiger partial charge in [-0.25, -0.2) is 0 Å². The Morgan fingerprint density at radius 2 is 1.91 bits per heavy atom. The van der Waals surface area contributed by atoms with Crippen LogP contribution in [0.25, 0.3) is 0 Å². The largest absolute Gasteiger partial charge is 0.550 e. The summed E-state index contributed by atoms with van der Waals surface area (Å²) in [5, 5.41) is 20.6. The van der Waals surface area contributed by atoms with Crippen LogP contribution in [0.15, 0.2) is 40.1 Å². The maximum absolute atomic E-state index is 12.2. The van der Waals surface area contributed by atoms with Crippen LogP contribution in [-0.4, -0.2) is 34.2 Å². The predicted octanol–water partition coefficient (Wildman–Crippen LogP) is 1.26. The second kappa shape index (κ2) is 6.95. The molecule has 1 N–H and O–H groups in total. The van der Waals surface area contributed by atoms with E-state index >= 15 is 0 Å². The van der Waals surface area contributed by atoms with E-state index in [1.165, 1.54) is 11.8 Å². The normalized spacial score (nSPS) is 17.7. The third kappa shape index (κ3) is 3.61. The summed E-state index contributed by atoms with van der Waals surface area (Å²) in [7, 11) is 0. The number of ketones is 1. The van der Waals surface area contributed by atoms with Crippen molar-refractivity contribution in [3.8, 4) is 0 Å². The van der Waals surface area contributed by atoms with Crippen LogP contribution in [-0.2, 0) is 14.4 Å². The number of amides is 1. The molecule has 23 heavy (non-hydrogen) atoms. The molecule has 0 saturated carbocycles. The van der Waals surface area contributed by atoms with Crippen molar-refractivity contribution < 1.29 is 24.6 Å². The molecule has 1 atom stereocenters. The molecule has 1 aromatic carbocycles. The minimum atomic E-state index is -1.21. The molecule has 1 aliphatic rings. The fourth-order valence-corrected chi connectivity index (χ4v) is 2.89. The summed E-state index contributed by atoms with van der Waals surface area (Å²) in [5.74, 6) is -2.84. The Hall–Kier alpha value is -2.15. The van der Waals surface area contributed by atoms with Crippen molar-refractivity contribution in [2.75, 3.05) is 6.54 Å². The molecule has 1 amide bonds. The molecule has 0 saturated heterocycles. The molecule has 1 aliphatic heterocycles. The summed E-state index contributed by atoms with van der Waals surface area (Å²) in [6.07, 6.45) is -0.0213. The van der Waals surface area contributed by atoms with E-state index in [2.05, 4.69) is 15.9 Å². The van der Waals surface area contributed by atoms with Crippen molar-refractivity contribution in [3.05, 3.63) is 45.6 Å². The third-order valence-corrected chi connectivity index (χ3v) is 4.18. The number of carbonyl (C=O) groups excluding carboxylic acids is 3. The molecule has 7 heteroatoms. The van der Waals surface area contributed by atoms with Gasteiger partial charge in [0.25, 0.3) is 5.91 Å². The second-order valence-electron chi connectivity index (χ2n) is 5.25. The summed E-state index contributed by atoms with van der Waals surface area (Å²) in [6, 6.07) is 6.32. The number of aliphatic hydroxyl groups is 1. The molecular weight excluding hydrogens is 366 g/mol. The van der Waals surface area contributed by atoms with Crippen molar-refractivity contribution in [1.29, 1.82) is 0 Å². The molecule has 1 aromatic rings. The van der Waals surface area contributed by atoms with Crippen molar-refractivity contribution in [2.45, 2.75) is 25.8 Å². The molecule has 122 valence electrons. The standard InChI is InChI=1S/C16H16BrNO5/c1-9(19)13-14(10-4-6-11(17)7-5-10)18(16(23)15(13)22)8-2-3-12(20)21/h4-7,14,22H,2-3,8H2,1H3,(H,20,21)/p-1/t14-/m1/s1. The maximum atomic E-state index is 12.2. The number of rotatable bonds is 6. The number of hydrogen-bond acceptors (Lipinski definition) is 5. The molecule has 0 bridgehead atoms. The molecule has 0 aliphatic carbocycles. The highest BCUT2D eigenvalue weighted by Crippen LogP contribution is 2.38. The van der Waals surface area contributed by atoms with Gasteiger partial charge in [0.2, 0.25) is 0 Å². The van der Waals surface area contributed by atoms with Crippen LogP contribution in [0.4, 0.5) is 0 Å². The lowest BCUT2D eigenvalue weighted by atomic mass is 9.97. The Morgan fingerprint density at radius 1 is 1.30 bits per heavy atom. The van der Waals surface area contributed by atoms with Crippen molar-refractivity contribution in [2.24, 2.45) is 0 Å². The monoisotopic (exact) mass is 380 g/mol. The Morgan fingerprint density at radius 3 is 2.43 bits per heavy atom. The van der Waals surface area contributed by atoms with E-state index in [-0.39, 0.29) is 25.0 Å². The summed E-state index contributed by atoms with van der Waals surface area (Å²) >= 11 is 3.31. The van der Waals surface area contributed by atoms with E-state index in [1.54, 1.807) is 24.3 Å². The lowest BCUT2D eigenvalue weighted by Crippen LogP contribution is -2.33. The zero-order valence-electron chi connectivity index (χ0n) is 12.4. The van der Waals surface area contributed by atoms with Crippen LogP contribution in [0, 0.1) is 0 Å². The molecule has 0 radical (unpaired) electrons. The van der Waals surface area contributed by atoms with Gasteiger partial charge in [-0.1, -0.05) is 28.1 Å². The average molecular weight is 381 g/mol. The zero-order valence-corrected chi connectivity index (χ0v) is 14.0. The highest BCUT2D eigenvalue weighted by atomic mass is 79.9. The number of carboxylic acid groups (broad SMARTS) is 1. The number of carbonyl (C=O) groups is 3. The Bertz CT molecular complexity index is 680. The van der Waals surface area contributed by atoms with E-state index in [1.807, 2.05) is 0 Å². The van der Waals surface area contributed by atoms with Gasteiger partial charge in [-0.2, -0.15) is 0 Å². The van der Waals surface area contributed by atoms with Gasteiger partial charge >= 0.3 is 0 Å². The fraction of sp³-hybridized carbons (Fsp3) is 0.312. The van der Waals surface area contributed by atoms with Crippen LogP contribution in [0.3, 0.4) is 0 Å². The number of nitrogens with zero attached hydrogens (tertiary/aromatic N) is 1. The zero-order chi connectivity index (χ0) is 17.1. The molecule has 0 unspecified atom stereocenters. The second-order valence-corrected chi connectivity index (χ2v) is 6.16. The number of hydrogen-bond donors (Lipinski definition) is 1. The summed E-state index contributed by atoms with van der Waals surface area (Å²) < 4.78 is 0.839. The van der Waals surface area contributed by atoms with E-state index in [4.69, 9.17) is 0 Å². The first-order chi connectivity index (χ1) is 10.8. The van der Waals surface area contributed by atoms with Gasteiger partial charge in [0, 0.05) is 17.0 Å². The quantitative estimate of drug-likeness (QED) is 0.800. The lowest BCUT2D eigenvalue weighted by Gasteiger charge is -2.26. The SMILES string of the molecule is CC(=O)C1=C(O)C(=O)N(CCCC(=O)[O-])[C@@H]1c1ccc(Br)cc1. The van der Waals surface area contributed by atoms with Crippen molar-refractivity contribution >= 4 is 33.6 Å². The number of aliphatic carboxylic acids is 1. The van der Waals surface area contributed by atoms with Crippen LogP contribution in [0.5, 0.6) is 0 Å². The van der Waals surface area contributed by atoms with Crippen LogP contribution < -0.4 is 5.11 Å². The molecule has 0 fully saturated rings. The predicted molar refractivity (Wildman–Crippen MR) is 83.2 cm³/mol. The Labute approximate surface area is 141 Å². The van der Waals surface area contributed by atoms with Gasteiger partial charge in [-0.05, 0) is 37.5 Å². The van der Waals surface area contributed by atoms with Gasteiger partial charge in [-0.15, -0.1) is 0 Å². The van der Waals surface area contributed by atoms with Gasteiger partial charge in [0.05, 0.1) is 11.6 Å². The Kier molecular flexibility index (Phi) is 5.20. The highest BCUT2D eigenvalue weighted by Gasteiger charge is 2.41. The maximum Gasteiger partial charge on any atom is 0.290 e. The van der Waals surface area contributed by atoms with E-state index in [0.717, 1.165) is 4.47 Å². The minimum Gasteiger partial charge on any atom is -0.550 e.